The smallest absolute Gasteiger partial charge is 0.193 e. The summed E-state index contributed by atoms with van der Waals surface area (Å²) in [7, 11) is 0. The molecule has 240 valence electrons. The Morgan fingerprint density at radius 2 is 0.843 bits per heavy atom. The minimum Gasteiger partial charge on any atom is -0.289 e. The fraction of sp³-hybridized carbons (Fsp3) is 0.0208. The van der Waals surface area contributed by atoms with Crippen LogP contribution < -0.4 is 0 Å². The molecule has 1 heterocycles. The second-order valence-electron chi connectivity index (χ2n) is 12.9. The van der Waals surface area contributed by atoms with Crippen LogP contribution in [0.3, 0.4) is 0 Å². The number of benzene rings is 7. The van der Waals surface area contributed by atoms with Crippen LogP contribution in [0.2, 0.25) is 0 Å². The first-order chi connectivity index (χ1) is 25.2. The predicted octanol–water partition coefficient (Wildman–Crippen LogP) is 11.1. The normalized spacial score (nSPS) is 12.9. The van der Waals surface area contributed by atoms with Gasteiger partial charge in [-0.05, 0) is 51.6 Å². The second kappa shape index (κ2) is 12.6. The molecule has 0 unspecified atom stereocenters. The van der Waals surface area contributed by atoms with Crippen LogP contribution in [-0.4, -0.2) is 15.8 Å². The zero-order chi connectivity index (χ0) is 34.2. The Hall–Kier alpha value is -6.71. The van der Waals surface area contributed by atoms with Crippen molar-refractivity contribution in [3.8, 4) is 45.0 Å². The average Bonchev–Trinajstić information content (AvgIpc) is 3.22. The topological polar surface area (TPSA) is 42.9 Å². The Morgan fingerprint density at radius 3 is 1.51 bits per heavy atom. The molecule has 51 heavy (non-hydrogen) atoms. The van der Waals surface area contributed by atoms with Crippen LogP contribution in [0.15, 0.2) is 194 Å². The van der Waals surface area contributed by atoms with Crippen molar-refractivity contribution in [3.63, 3.8) is 0 Å². The fourth-order valence-corrected chi connectivity index (χ4v) is 7.62. The van der Waals surface area contributed by atoms with Gasteiger partial charge in [0.05, 0.1) is 16.8 Å². The van der Waals surface area contributed by atoms with Crippen LogP contribution in [0.4, 0.5) is 0 Å². The maximum absolute atomic E-state index is 14.2. The van der Waals surface area contributed by atoms with Crippen LogP contribution >= 0.6 is 0 Å². The van der Waals surface area contributed by atoms with E-state index in [1.165, 1.54) is 0 Å². The van der Waals surface area contributed by atoms with E-state index in [4.69, 9.17) is 9.97 Å². The van der Waals surface area contributed by atoms with Gasteiger partial charge in [0.1, 0.15) is 0 Å². The van der Waals surface area contributed by atoms with E-state index in [1.54, 1.807) is 0 Å². The Kier molecular flexibility index (Phi) is 7.52. The summed E-state index contributed by atoms with van der Waals surface area (Å²) >= 11 is 0. The van der Waals surface area contributed by atoms with Gasteiger partial charge in [0, 0.05) is 27.8 Å². The average molecular weight is 653 g/mol. The highest BCUT2D eigenvalue weighted by Crippen LogP contribution is 2.51. The molecule has 0 amide bonds. The van der Waals surface area contributed by atoms with E-state index in [1.807, 2.05) is 84.9 Å². The van der Waals surface area contributed by atoms with Crippen molar-refractivity contribution in [2.75, 3.05) is 0 Å². The van der Waals surface area contributed by atoms with E-state index >= 15 is 0 Å². The minimum atomic E-state index is -0.697. The quantitative estimate of drug-likeness (QED) is 0.180. The lowest BCUT2D eigenvalue weighted by molar-refractivity contribution is 0.103. The van der Waals surface area contributed by atoms with Crippen LogP contribution in [0.5, 0.6) is 0 Å². The van der Waals surface area contributed by atoms with Crippen LogP contribution in [-0.2, 0) is 5.41 Å². The summed E-state index contributed by atoms with van der Waals surface area (Å²) in [4.78, 5) is 24.3. The van der Waals surface area contributed by atoms with Crippen LogP contribution in [0.25, 0.3) is 45.0 Å². The third kappa shape index (κ3) is 5.19. The second-order valence-corrected chi connectivity index (χ2v) is 12.9. The van der Waals surface area contributed by atoms with E-state index in [-0.39, 0.29) is 5.78 Å². The fourth-order valence-electron chi connectivity index (χ4n) is 7.62. The molecule has 0 N–H and O–H groups in total. The van der Waals surface area contributed by atoms with Crippen LogP contribution in [0.1, 0.15) is 38.2 Å². The lowest BCUT2D eigenvalue weighted by Gasteiger charge is -2.42. The molecule has 0 bridgehead atoms. The van der Waals surface area contributed by atoms with Gasteiger partial charge in [-0.25, -0.2) is 9.97 Å². The van der Waals surface area contributed by atoms with E-state index < -0.39 is 5.41 Å². The van der Waals surface area contributed by atoms with Crippen LogP contribution in [0, 0.1) is 0 Å². The molecule has 9 rings (SSSR count). The van der Waals surface area contributed by atoms with Gasteiger partial charge in [0.15, 0.2) is 11.6 Å². The molecule has 1 aliphatic rings. The van der Waals surface area contributed by atoms with E-state index in [0.717, 1.165) is 72.6 Å². The summed E-state index contributed by atoms with van der Waals surface area (Å²) in [5, 5.41) is 0. The lowest BCUT2D eigenvalue weighted by Crippen LogP contribution is -2.38. The molecule has 1 aromatic heterocycles. The summed E-state index contributed by atoms with van der Waals surface area (Å²) in [6.45, 7) is 0. The first kappa shape index (κ1) is 30.4. The number of rotatable bonds is 6. The van der Waals surface area contributed by atoms with Gasteiger partial charge in [0.25, 0.3) is 0 Å². The van der Waals surface area contributed by atoms with Gasteiger partial charge in [0.2, 0.25) is 0 Å². The minimum absolute atomic E-state index is 0.0475. The molecular formula is C48H32N2O. The van der Waals surface area contributed by atoms with Crippen molar-refractivity contribution in [3.05, 3.63) is 228 Å². The largest absolute Gasteiger partial charge is 0.289 e. The number of carbonyl (C=O) groups is 1. The Balaban J connectivity index is 1.24. The first-order valence-corrected chi connectivity index (χ1v) is 17.2. The number of aromatic nitrogens is 2. The van der Waals surface area contributed by atoms with Crippen molar-refractivity contribution < 1.29 is 4.79 Å². The van der Waals surface area contributed by atoms with E-state index in [0.29, 0.717) is 5.82 Å². The number of hydrogen-bond donors (Lipinski definition) is 0. The molecular weight excluding hydrogens is 621 g/mol. The van der Waals surface area contributed by atoms with E-state index in [9.17, 15) is 4.79 Å². The molecule has 0 aliphatic heterocycles. The predicted molar refractivity (Wildman–Crippen MR) is 206 cm³/mol. The monoisotopic (exact) mass is 652 g/mol. The Labute approximate surface area is 297 Å². The highest BCUT2D eigenvalue weighted by molar-refractivity contribution is 6.14. The summed E-state index contributed by atoms with van der Waals surface area (Å²) in [6.07, 6.45) is 0. The highest BCUT2D eigenvalue weighted by atomic mass is 16.1. The molecule has 1 aliphatic carbocycles. The van der Waals surface area contributed by atoms with Gasteiger partial charge in [-0.1, -0.05) is 176 Å². The molecule has 0 radical (unpaired) electrons. The summed E-state index contributed by atoms with van der Waals surface area (Å²) < 4.78 is 0. The molecule has 8 aromatic rings. The number of carbonyl (C=O) groups excluding carboxylic acids is 1. The Bertz CT molecular complexity index is 2430. The van der Waals surface area contributed by atoms with Crippen molar-refractivity contribution in [2.24, 2.45) is 0 Å². The third-order valence-corrected chi connectivity index (χ3v) is 9.98. The molecule has 0 spiro atoms. The highest BCUT2D eigenvalue weighted by Gasteiger charge is 2.46. The molecule has 0 saturated carbocycles. The van der Waals surface area contributed by atoms with Gasteiger partial charge in [-0.3, -0.25) is 4.79 Å². The SMILES string of the molecule is O=C1c2ccccc2C(c2ccccc2)(c2ccccc2)c2cc(-c3cccc(-c4cc(-c5ccccc5)nc(-c5ccccc5)n4)c3)ccc21. The van der Waals surface area contributed by atoms with Crippen molar-refractivity contribution in [2.45, 2.75) is 5.41 Å². The summed E-state index contributed by atoms with van der Waals surface area (Å²) in [6, 6.07) is 66.5. The molecule has 0 fully saturated rings. The zero-order valence-electron chi connectivity index (χ0n) is 27.8. The maximum Gasteiger partial charge on any atom is 0.193 e. The third-order valence-electron chi connectivity index (χ3n) is 9.98. The summed E-state index contributed by atoms with van der Waals surface area (Å²) in [5.74, 6) is 0.727. The van der Waals surface area contributed by atoms with Crippen molar-refractivity contribution in [1.82, 2.24) is 9.97 Å². The zero-order valence-corrected chi connectivity index (χ0v) is 27.8. The van der Waals surface area contributed by atoms with Gasteiger partial charge in [-0.2, -0.15) is 0 Å². The Morgan fingerprint density at radius 1 is 0.353 bits per heavy atom. The number of nitrogens with zero attached hydrogens (tertiary/aromatic N) is 2. The molecule has 3 heteroatoms. The van der Waals surface area contributed by atoms with E-state index in [2.05, 4.69) is 109 Å². The van der Waals surface area contributed by atoms with Crippen molar-refractivity contribution in [1.29, 1.82) is 0 Å². The first-order valence-electron chi connectivity index (χ1n) is 17.2. The number of ketones is 1. The molecule has 7 aromatic carbocycles. The molecule has 0 saturated heterocycles. The lowest BCUT2D eigenvalue weighted by atomic mass is 9.59. The van der Waals surface area contributed by atoms with Gasteiger partial charge >= 0.3 is 0 Å². The maximum atomic E-state index is 14.2. The van der Waals surface area contributed by atoms with Crippen molar-refractivity contribution >= 4 is 5.78 Å². The molecule has 3 nitrogen and oxygen atoms in total. The summed E-state index contributed by atoms with van der Waals surface area (Å²) in [5.41, 5.74) is 11.7. The van der Waals surface area contributed by atoms with Gasteiger partial charge in [-0.15, -0.1) is 0 Å². The number of fused-ring (bicyclic) bond motifs is 2. The standard InChI is InChI=1S/C48H32N2O/c51-46-40-26-13-14-27-42(40)48(38-22-9-3-10-23-38,39-24-11-4-12-25-39)43-31-36(28-29-41(43)46)35-20-15-21-37(30-35)45-32-44(33-16-5-1-6-17-33)49-47(50-45)34-18-7-2-8-19-34/h1-32H. The number of hydrogen-bond acceptors (Lipinski definition) is 3. The molecule has 0 atom stereocenters. The van der Waals surface area contributed by atoms with Gasteiger partial charge < -0.3 is 0 Å².